The Kier molecular flexibility index (Phi) is 1.64. The Morgan fingerprint density at radius 3 is 2.71 bits per heavy atom. The molecule has 0 amide bonds. The van der Waals surface area contributed by atoms with E-state index in [1.807, 2.05) is 0 Å². The van der Waals surface area contributed by atoms with Gasteiger partial charge in [0.05, 0.1) is 5.69 Å². The van der Waals surface area contributed by atoms with Gasteiger partial charge in [-0.3, -0.25) is 4.68 Å². The molecule has 4 rings (SSSR count). The van der Waals surface area contributed by atoms with Crippen molar-refractivity contribution in [3.63, 3.8) is 0 Å². The van der Waals surface area contributed by atoms with E-state index >= 15 is 0 Å². The summed E-state index contributed by atoms with van der Waals surface area (Å²) in [6.07, 6.45) is 6.51. The molecule has 0 radical (unpaired) electrons. The van der Waals surface area contributed by atoms with Crippen molar-refractivity contribution < 1.29 is 0 Å². The standard InChI is InChI=1S/C15H12N2/c1-2-5-12-9-14-13(8-11(12)4-1)10-17-15(14)6-3-7-16-17/h1-6,8-10,16H,7H2. The Bertz CT molecular complexity index is 750. The first kappa shape index (κ1) is 8.88. The molecule has 2 nitrogen and oxygen atoms in total. The zero-order valence-electron chi connectivity index (χ0n) is 9.35. The summed E-state index contributed by atoms with van der Waals surface area (Å²) in [5.74, 6) is 0. The van der Waals surface area contributed by atoms with Crippen LogP contribution in [-0.4, -0.2) is 11.2 Å². The molecule has 2 heterocycles. The highest BCUT2D eigenvalue weighted by Crippen LogP contribution is 2.28. The van der Waals surface area contributed by atoms with Crippen LogP contribution < -0.4 is 5.43 Å². The van der Waals surface area contributed by atoms with Crippen molar-refractivity contribution in [1.82, 2.24) is 4.68 Å². The Morgan fingerprint density at radius 1 is 1.00 bits per heavy atom. The molecule has 1 aromatic heterocycles. The Balaban J connectivity index is 2.16. The van der Waals surface area contributed by atoms with Crippen molar-refractivity contribution in [1.29, 1.82) is 0 Å². The van der Waals surface area contributed by atoms with Crippen LogP contribution in [0.25, 0.3) is 27.6 Å². The molecule has 17 heavy (non-hydrogen) atoms. The fourth-order valence-corrected chi connectivity index (χ4v) is 2.55. The fraction of sp³-hybridized carbons (Fsp3) is 0.0667. The number of aromatic nitrogens is 1. The number of fused-ring (bicyclic) bond motifs is 4. The first-order chi connectivity index (χ1) is 8.42. The van der Waals surface area contributed by atoms with Crippen LogP contribution >= 0.6 is 0 Å². The molecular formula is C15H12N2. The van der Waals surface area contributed by atoms with E-state index in [0.717, 1.165) is 6.54 Å². The smallest absolute Gasteiger partial charge is 0.0696 e. The van der Waals surface area contributed by atoms with Gasteiger partial charge in [0.15, 0.2) is 0 Å². The van der Waals surface area contributed by atoms with Crippen LogP contribution in [0.2, 0.25) is 0 Å². The molecule has 0 unspecified atom stereocenters. The van der Waals surface area contributed by atoms with Gasteiger partial charge in [-0.25, -0.2) is 0 Å². The number of nitrogens with zero attached hydrogens (tertiary/aromatic N) is 1. The van der Waals surface area contributed by atoms with Crippen LogP contribution in [0.15, 0.2) is 48.7 Å². The minimum absolute atomic E-state index is 0.896. The predicted octanol–water partition coefficient (Wildman–Crippen LogP) is 3.36. The van der Waals surface area contributed by atoms with E-state index in [1.165, 1.54) is 27.2 Å². The van der Waals surface area contributed by atoms with Gasteiger partial charge in [-0.1, -0.05) is 30.3 Å². The summed E-state index contributed by atoms with van der Waals surface area (Å²) < 4.78 is 2.11. The summed E-state index contributed by atoms with van der Waals surface area (Å²) in [7, 11) is 0. The third-order valence-corrected chi connectivity index (χ3v) is 3.38. The average molecular weight is 220 g/mol. The maximum absolute atomic E-state index is 3.34. The zero-order chi connectivity index (χ0) is 11.2. The van der Waals surface area contributed by atoms with Crippen LogP contribution in [-0.2, 0) is 0 Å². The van der Waals surface area contributed by atoms with Crippen LogP contribution in [0, 0.1) is 0 Å². The topological polar surface area (TPSA) is 17.0 Å². The molecule has 1 N–H and O–H groups in total. The zero-order valence-corrected chi connectivity index (χ0v) is 9.35. The van der Waals surface area contributed by atoms with Crippen LogP contribution in [0.3, 0.4) is 0 Å². The summed E-state index contributed by atoms with van der Waals surface area (Å²) in [6.45, 7) is 0.896. The van der Waals surface area contributed by atoms with Gasteiger partial charge in [0.2, 0.25) is 0 Å². The summed E-state index contributed by atoms with van der Waals surface area (Å²) in [5.41, 5.74) is 4.58. The maximum Gasteiger partial charge on any atom is 0.0696 e. The average Bonchev–Trinajstić information content (AvgIpc) is 2.73. The Labute approximate surface area is 99.1 Å². The number of benzene rings is 2. The highest BCUT2D eigenvalue weighted by atomic mass is 15.4. The van der Waals surface area contributed by atoms with E-state index in [2.05, 4.69) is 64.8 Å². The normalized spacial score (nSPS) is 13.9. The fourth-order valence-electron chi connectivity index (χ4n) is 2.55. The minimum Gasteiger partial charge on any atom is -0.322 e. The third-order valence-electron chi connectivity index (χ3n) is 3.38. The van der Waals surface area contributed by atoms with Crippen LogP contribution in [0.5, 0.6) is 0 Å². The molecule has 0 saturated heterocycles. The highest BCUT2D eigenvalue weighted by Gasteiger charge is 2.09. The monoisotopic (exact) mass is 220 g/mol. The quantitative estimate of drug-likeness (QED) is 0.614. The number of rotatable bonds is 0. The van der Waals surface area contributed by atoms with E-state index in [9.17, 15) is 0 Å². The highest BCUT2D eigenvalue weighted by molar-refractivity contribution is 6.01. The molecule has 0 atom stereocenters. The summed E-state index contributed by atoms with van der Waals surface area (Å²) in [4.78, 5) is 0. The molecule has 2 heteroatoms. The molecule has 0 bridgehead atoms. The molecule has 0 aliphatic carbocycles. The van der Waals surface area contributed by atoms with E-state index in [0.29, 0.717) is 0 Å². The van der Waals surface area contributed by atoms with Crippen LogP contribution in [0.4, 0.5) is 0 Å². The van der Waals surface area contributed by atoms with E-state index in [-0.39, 0.29) is 0 Å². The lowest BCUT2D eigenvalue weighted by molar-refractivity contribution is 0.879. The molecule has 2 aromatic carbocycles. The molecule has 3 aromatic rings. The molecule has 82 valence electrons. The summed E-state index contributed by atoms with van der Waals surface area (Å²) in [5, 5.41) is 5.20. The van der Waals surface area contributed by atoms with E-state index in [1.54, 1.807) is 0 Å². The van der Waals surface area contributed by atoms with Crippen molar-refractivity contribution in [2.75, 3.05) is 12.0 Å². The number of nitrogens with one attached hydrogen (secondary N) is 1. The molecular weight excluding hydrogens is 208 g/mol. The lowest BCUT2D eigenvalue weighted by atomic mass is 10.1. The van der Waals surface area contributed by atoms with Crippen molar-refractivity contribution >= 4 is 27.6 Å². The number of hydrogen-bond acceptors (Lipinski definition) is 1. The number of hydrogen-bond donors (Lipinski definition) is 1. The third kappa shape index (κ3) is 1.21. The van der Waals surface area contributed by atoms with Gasteiger partial charge in [0.25, 0.3) is 0 Å². The van der Waals surface area contributed by atoms with Crippen molar-refractivity contribution in [3.8, 4) is 0 Å². The molecule has 0 spiro atoms. The van der Waals surface area contributed by atoms with Crippen LogP contribution in [0.1, 0.15) is 5.69 Å². The lowest BCUT2D eigenvalue weighted by Crippen LogP contribution is -2.17. The second-order valence-corrected chi connectivity index (χ2v) is 4.44. The summed E-state index contributed by atoms with van der Waals surface area (Å²) in [6, 6.07) is 13.0. The van der Waals surface area contributed by atoms with Gasteiger partial charge in [-0.05, 0) is 29.0 Å². The predicted molar refractivity (Wildman–Crippen MR) is 72.7 cm³/mol. The molecule has 1 aliphatic rings. The SMILES string of the molecule is C1=Cc2c3cc4ccccc4cc3cn2NC1. The van der Waals surface area contributed by atoms with Gasteiger partial charge in [-0.2, -0.15) is 0 Å². The van der Waals surface area contributed by atoms with E-state index in [4.69, 9.17) is 0 Å². The first-order valence-electron chi connectivity index (χ1n) is 5.86. The van der Waals surface area contributed by atoms with Gasteiger partial charge < -0.3 is 5.43 Å². The van der Waals surface area contributed by atoms with Gasteiger partial charge >= 0.3 is 0 Å². The minimum atomic E-state index is 0.896. The molecule has 0 fully saturated rings. The van der Waals surface area contributed by atoms with Crippen molar-refractivity contribution in [3.05, 3.63) is 54.4 Å². The molecule has 0 saturated carbocycles. The first-order valence-corrected chi connectivity index (χ1v) is 5.86. The lowest BCUT2D eigenvalue weighted by Gasteiger charge is -2.12. The Morgan fingerprint density at radius 2 is 1.82 bits per heavy atom. The second kappa shape index (κ2) is 3.14. The Hall–Kier alpha value is -2.22. The van der Waals surface area contributed by atoms with Gasteiger partial charge in [0, 0.05) is 23.5 Å². The molecule has 1 aliphatic heterocycles. The maximum atomic E-state index is 3.34. The largest absolute Gasteiger partial charge is 0.322 e. The van der Waals surface area contributed by atoms with Gasteiger partial charge in [0.1, 0.15) is 0 Å². The second-order valence-electron chi connectivity index (χ2n) is 4.44. The van der Waals surface area contributed by atoms with Gasteiger partial charge in [-0.15, -0.1) is 0 Å². The van der Waals surface area contributed by atoms with Crippen molar-refractivity contribution in [2.24, 2.45) is 0 Å². The summed E-state index contributed by atoms with van der Waals surface area (Å²) >= 11 is 0. The van der Waals surface area contributed by atoms with Crippen molar-refractivity contribution in [2.45, 2.75) is 0 Å². The van der Waals surface area contributed by atoms with E-state index < -0.39 is 0 Å².